The highest BCUT2D eigenvalue weighted by molar-refractivity contribution is 7.09. The standard InChI is InChI=1S/C14H16N2O2S.ClH/c1-14(2,9-3-5-10(15)6-4-9)13-16-11(8-19-13)7-12(17)18;/h3-6,8H,7,15H2,1-2H3,(H,17,18);1H. The lowest BCUT2D eigenvalue weighted by Crippen LogP contribution is -2.19. The third-order valence-corrected chi connectivity index (χ3v) is 4.27. The third kappa shape index (κ3) is 3.49. The summed E-state index contributed by atoms with van der Waals surface area (Å²) in [6.07, 6.45) is -0.0334. The molecular formula is C14H17ClN2O2S. The Hall–Kier alpha value is -1.59. The molecule has 6 heteroatoms. The Labute approximate surface area is 128 Å². The number of carboxylic acid groups (broad SMARTS) is 1. The first-order valence-corrected chi connectivity index (χ1v) is 6.80. The second-order valence-corrected chi connectivity index (χ2v) is 5.82. The minimum absolute atomic E-state index is 0. The molecule has 0 unspecified atom stereocenters. The van der Waals surface area contributed by atoms with E-state index in [4.69, 9.17) is 10.8 Å². The Morgan fingerprint density at radius 2 is 1.95 bits per heavy atom. The van der Waals surface area contributed by atoms with E-state index in [9.17, 15) is 4.79 Å². The molecule has 3 N–H and O–H groups in total. The first-order valence-electron chi connectivity index (χ1n) is 5.92. The first-order chi connectivity index (χ1) is 8.89. The van der Waals surface area contributed by atoms with Crippen molar-refractivity contribution in [2.45, 2.75) is 25.7 Å². The van der Waals surface area contributed by atoms with Crippen LogP contribution in [0.25, 0.3) is 0 Å². The number of nitrogens with zero attached hydrogens (tertiary/aromatic N) is 1. The number of rotatable bonds is 4. The molecule has 0 radical (unpaired) electrons. The van der Waals surface area contributed by atoms with Gasteiger partial charge >= 0.3 is 5.97 Å². The van der Waals surface area contributed by atoms with Crippen LogP contribution < -0.4 is 5.73 Å². The zero-order valence-electron chi connectivity index (χ0n) is 11.3. The molecule has 1 aromatic heterocycles. The molecule has 0 amide bonds. The van der Waals surface area contributed by atoms with Crippen LogP contribution >= 0.6 is 23.7 Å². The van der Waals surface area contributed by atoms with Gasteiger partial charge in [0, 0.05) is 16.5 Å². The van der Waals surface area contributed by atoms with Gasteiger partial charge in [-0.15, -0.1) is 23.7 Å². The minimum Gasteiger partial charge on any atom is -0.481 e. The molecule has 0 aliphatic carbocycles. The largest absolute Gasteiger partial charge is 0.481 e. The average molecular weight is 313 g/mol. The first kappa shape index (κ1) is 16.5. The Kier molecular flexibility index (Phi) is 5.14. The van der Waals surface area contributed by atoms with Gasteiger partial charge in [-0.25, -0.2) is 4.98 Å². The average Bonchev–Trinajstić information content (AvgIpc) is 2.78. The van der Waals surface area contributed by atoms with Gasteiger partial charge < -0.3 is 10.8 Å². The van der Waals surface area contributed by atoms with Crippen molar-refractivity contribution in [2.75, 3.05) is 5.73 Å². The highest BCUT2D eigenvalue weighted by Gasteiger charge is 2.26. The molecule has 20 heavy (non-hydrogen) atoms. The smallest absolute Gasteiger partial charge is 0.309 e. The number of hydrogen-bond donors (Lipinski definition) is 2. The summed E-state index contributed by atoms with van der Waals surface area (Å²) in [6, 6.07) is 7.69. The van der Waals surface area contributed by atoms with Gasteiger partial charge in [-0.2, -0.15) is 0 Å². The van der Waals surface area contributed by atoms with Crippen LogP contribution in [0.4, 0.5) is 5.69 Å². The molecule has 0 saturated heterocycles. The lowest BCUT2D eigenvalue weighted by Gasteiger charge is -2.22. The number of benzene rings is 1. The van der Waals surface area contributed by atoms with E-state index in [1.807, 2.05) is 29.6 Å². The molecule has 0 fully saturated rings. The fourth-order valence-corrected chi connectivity index (χ4v) is 2.82. The third-order valence-electron chi connectivity index (χ3n) is 3.05. The Balaban J connectivity index is 0.00000200. The highest BCUT2D eigenvalue weighted by atomic mass is 35.5. The van der Waals surface area contributed by atoms with Crippen LogP contribution in [0.15, 0.2) is 29.6 Å². The van der Waals surface area contributed by atoms with Crippen molar-refractivity contribution >= 4 is 35.4 Å². The number of carboxylic acids is 1. The molecule has 1 aromatic carbocycles. The van der Waals surface area contributed by atoms with Gasteiger partial charge in [0.25, 0.3) is 0 Å². The second-order valence-electron chi connectivity index (χ2n) is 4.96. The molecule has 2 aromatic rings. The van der Waals surface area contributed by atoms with Crippen LogP contribution in [-0.4, -0.2) is 16.1 Å². The Morgan fingerprint density at radius 3 is 2.50 bits per heavy atom. The van der Waals surface area contributed by atoms with E-state index in [2.05, 4.69) is 18.8 Å². The van der Waals surface area contributed by atoms with Crippen molar-refractivity contribution in [3.63, 3.8) is 0 Å². The summed E-state index contributed by atoms with van der Waals surface area (Å²) in [7, 11) is 0. The Bertz CT molecular complexity index is 593. The van der Waals surface area contributed by atoms with Gasteiger partial charge in [-0.1, -0.05) is 12.1 Å². The fraction of sp³-hybridized carbons (Fsp3) is 0.286. The number of carbonyl (C=O) groups is 1. The predicted octanol–water partition coefficient (Wildman–Crippen LogP) is 3.10. The highest BCUT2D eigenvalue weighted by Crippen LogP contribution is 2.33. The van der Waals surface area contributed by atoms with Crippen LogP contribution in [0.5, 0.6) is 0 Å². The molecule has 2 rings (SSSR count). The summed E-state index contributed by atoms with van der Waals surface area (Å²) in [6.45, 7) is 4.14. The van der Waals surface area contributed by atoms with E-state index in [1.165, 1.54) is 11.3 Å². The van der Waals surface area contributed by atoms with Crippen molar-refractivity contribution in [3.8, 4) is 0 Å². The van der Waals surface area contributed by atoms with Crippen molar-refractivity contribution in [3.05, 3.63) is 45.9 Å². The topological polar surface area (TPSA) is 76.2 Å². The summed E-state index contributed by atoms with van der Waals surface area (Å²) < 4.78 is 0. The number of aromatic nitrogens is 1. The van der Waals surface area contributed by atoms with Crippen molar-refractivity contribution in [2.24, 2.45) is 0 Å². The lowest BCUT2D eigenvalue weighted by molar-refractivity contribution is -0.136. The molecule has 4 nitrogen and oxygen atoms in total. The molecule has 0 aliphatic heterocycles. The Morgan fingerprint density at radius 1 is 1.35 bits per heavy atom. The predicted molar refractivity (Wildman–Crippen MR) is 83.7 cm³/mol. The number of anilines is 1. The maximum absolute atomic E-state index is 10.7. The second kappa shape index (κ2) is 6.24. The van der Waals surface area contributed by atoms with E-state index in [-0.39, 0.29) is 24.2 Å². The van der Waals surface area contributed by atoms with Gasteiger partial charge in [0.05, 0.1) is 12.1 Å². The van der Waals surface area contributed by atoms with Crippen molar-refractivity contribution in [1.29, 1.82) is 0 Å². The fourth-order valence-electron chi connectivity index (χ4n) is 1.85. The van der Waals surface area contributed by atoms with E-state index in [1.54, 1.807) is 0 Å². The van der Waals surface area contributed by atoms with E-state index >= 15 is 0 Å². The van der Waals surface area contributed by atoms with Crippen molar-refractivity contribution in [1.82, 2.24) is 4.98 Å². The molecule has 0 bridgehead atoms. The number of hydrogen-bond acceptors (Lipinski definition) is 4. The molecule has 0 aliphatic rings. The van der Waals surface area contributed by atoms with Gasteiger partial charge in [0.15, 0.2) is 0 Å². The van der Waals surface area contributed by atoms with Crippen LogP contribution in [0.3, 0.4) is 0 Å². The van der Waals surface area contributed by atoms with Crippen molar-refractivity contribution < 1.29 is 9.90 Å². The van der Waals surface area contributed by atoms with Crippen LogP contribution in [-0.2, 0) is 16.6 Å². The zero-order chi connectivity index (χ0) is 14.0. The maximum atomic E-state index is 10.7. The number of nitrogen functional groups attached to an aromatic ring is 1. The summed E-state index contributed by atoms with van der Waals surface area (Å²) in [5.41, 5.74) is 7.88. The van der Waals surface area contributed by atoms with E-state index in [0.29, 0.717) is 5.69 Å². The summed E-state index contributed by atoms with van der Waals surface area (Å²) >= 11 is 1.49. The van der Waals surface area contributed by atoms with E-state index < -0.39 is 5.97 Å². The van der Waals surface area contributed by atoms with Crippen LogP contribution in [0.1, 0.15) is 30.1 Å². The lowest BCUT2D eigenvalue weighted by atomic mass is 9.85. The molecule has 0 saturated carbocycles. The summed E-state index contributed by atoms with van der Waals surface area (Å²) in [5, 5.41) is 11.5. The normalized spacial score (nSPS) is 10.9. The quantitative estimate of drug-likeness (QED) is 0.851. The zero-order valence-corrected chi connectivity index (χ0v) is 12.9. The SMILES string of the molecule is CC(C)(c1ccc(N)cc1)c1nc(CC(=O)O)cs1.Cl. The molecular weight excluding hydrogens is 296 g/mol. The van der Waals surface area contributed by atoms with Crippen LogP contribution in [0, 0.1) is 0 Å². The minimum atomic E-state index is -0.859. The van der Waals surface area contributed by atoms with Gasteiger partial charge in [0.1, 0.15) is 5.01 Å². The monoisotopic (exact) mass is 312 g/mol. The van der Waals surface area contributed by atoms with Crippen LogP contribution in [0.2, 0.25) is 0 Å². The molecule has 0 spiro atoms. The summed E-state index contributed by atoms with van der Waals surface area (Å²) in [5.74, 6) is -0.859. The molecule has 108 valence electrons. The molecule has 1 heterocycles. The number of nitrogens with two attached hydrogens (primary N) is 1. The van der Waals surface area contributed by atoms with Gasteiger partial charge in [-0.05, 0) is 31.5 Å². The number of aliphatic carboxylic acids is 1. The van der Waals surface area contributed by atoms with Gasteiger partial charge in [-0.3, -0.25) is 4.79 Å². The summed E-state index contributed by atoms with van der Waals surface area (Å²) in [4.78, 5) is 15.1. The molecule has 0 atom stereocenters. The van der Waals surface area contributed by atoms with E-state index in [0.717, 1.165) is 16.3 Å². The maximum Gasteiger partial charge on any atom is 0.309 e. The number of thiazole rings is 1. The number of halogens is 1. The van der Waals surface area contributed by atoms with Gasteiger partial charge in [0.2, 0.25) is 0 Å².